The maximum absolute atomic E-state index is 12.8. The molecule has 1 aliphatic carbocycles. The number of ether oxygens (including phenoxy) is 1. The van der Waals surface area contributed by atoms with Crippen LogP contribution in [0.4, 0.5) is 0 Å². The maximum atomic E-state index is 12.8. The van der Waals surface area contributed by atoms with Crippen molar-refractivity contribution >= 4 is 11.8 Å². The first-order valence-corrected chi connectivity index (χ1v) is 9.10. The molecule has 0 amide bonds. The lowest BCUT2D eigenvalue weighted by Crippen LogP contribution is -2.29. The lowest BCUT2D eigenvalue weighted by Gasteiger charge is -2.28. The van der Waals surface area contributed by atoms with E-state index in [0.717, 1.165) is 12.0 Å². The Hall–Kier alpha value is -1.64. The average molecular weight is 330 g/mol. The van der Waals surface area contributed by atoms with E-state index < -0.39 is 5.60 Å². The van der Waals surface area contributed by atoms with Crippen LogP contribution in [0.5, 0.6) is 0 Å². The smallest absolute Gasteiger partial charge is 0.313 e. The number of carbonyl (C=O) groups excluding carboxylic acids is 2. The maximum Gasteiger partial charge on any atom is 0.313 e. The SMILES string of the molecule is CC(=O)c1ccc([C@@H](CC2CCCCC2)C(=O)OC(C)(C)C)cc1. The summed E-state index contributed by atoms with van der Waals surface area (Å²) in [5.41, 5.74) is 1.15. The number of benzene rings is 1. The molecule has 0 heterocycles. The van der Waals surface area contributed by atoms with E-state index in [4.69, 9.17) is 4.74 Å². The van der Waals surface area contributed by atoms with Crippen LogP contribution in [0, 0.1) is 5.92 Å². The van der Waals surface area contributed by atoms with Crippen molar-refractivity contribution in [3.05, 3.63) is 35.4 Å². The molecule has 0 aliphatic heterocycles. The van der Waals surface area contributed by atoms with Crippen molar-refractivity contribution in [2.45, 2.75) is 77.7 Å². The third-order valence-corrected chi connectivity index (χ3v) is 4.70. The van der Waals surface area contributed by atoms with E-state index >= 15 is 0 Å². The zero-order valence-electron chi connectivity index (χ0n) is 15.4. The molecule has 1 saturated carbocycles. The summed E-state index contributed by atoms with van der Waals surface area (Å²) in [5.74, 6) is 0.239. The lowest BCUT2D eigenvalue weighted by atomic mass is 9.80. The van der Waals surface area contributed by atoms with Crippen molar-refractivity contribution in [1.29, 1.82) is 0 Å². The van der Waals surface area contributed by atoms with Crippen LogP contribution >= 0.6 is 0 Å². The van der Waals surface area contributed by atoms with Gasteiger partial charge in [-0.05, 0) is 45.6 Å². The molecule has 0 aromatic heterocycles. The molecule has 1 atom stereocenters. The van der Waals surface area contributed by atoms with Gasteiger partial charge in [-0.3, -0.25) is 9.59 Å². The second-order valence-electron chi connectivity index (χ2n) is 8.00. The largest absolute Gasteiger partial charge is 0.459 e. The standard InChI is InChI=1S/C21H30O3/c1-15(22)17-10-12-18(13-11-17)19(20(23)24-21(2,3)4)14-16-8-6-5-7-9-16/h10-13,16,19H,5-9,14H2,1-4H3/t19-/m1/s1. The molecule has 1 aromatic carbocycles. The van der Waals surface area contributed by atoms with Crippen LogP contribution in [0.2, 0.25) is 0 Å². The molecule has 1 aromatic rings. The molecular weight excluding hydrogens is 300 g/mol. The molecule has 2 rings (SSSR count). The normalized spacial score (nSPS) is 17.3. The fourth-order valence-corrected chi connectivity index (χ4v) is 3.45. The highest BCUT2D eigenvalue weighted by Crippen LogP contribution is 2.34. The van der Waals surface area contributed by atoms with E-state index in [1.165, 1.54) is 32.1 Å². The van der Waals surface area contributed by atoms with Gasteiger partial charge < -0.3 is 4.74 Å². The number of carbonyl (C=O) groups is 2. The highest BCUT2D eigenvalue weighted by atomic mass is 16.6. The van der Waals surface area contributed by atoms with Crippen LogP contribution in [0.25, 0.3) is 0 Å². The van der Waals surface area contributed by atoms with Gasteiger partial charge in [-0.15, -0.1) is 0 Å². The van der Waals surface area contributed by atoms with Crippen LogP contribution in [0.3, 0.4) is 0 Å². The molecule has 0 N–H and O–H groups in total. The molecule has 0 spiro atoms. The minimum Gasteiger partial charge on any atom is -0.459 e. The molecule has 0 unspecified atom stereocenters. The Morgan fingerprint density at radius 3 is 2.17 bits per heavy atom. The summed E-state index contributed by atoms with van der Waals surface area (Å²) in [6.45, 7) is 7.27. The first-order chi connectivity index (χ1) is 11.3. The van der Waals surface area contributed by atoms with Crippen LogP contribution in [-0.2, 0) is 9.53 Å². The van der Waals surface area contributed by atoms with Crippen molar-refractivity contribution in [2.75, 3.05) is 0 Å². The molecule has 1 aliphatic rings. The quantitative estimate of drug-likeness (QED) is 0.544. The minimum atomic E-state index is -0.485. The fraction of sp³-hybridized carbons (Fsp3) is 0.619. The predicted octanol–water partition coefficient (Wildman–Crippen LogP) is 5.28. The van der Waals surface area contributed by atoms with Crippen molar-refractivity contribution in [1.82, 2.24) is 0 Å². The zero-order chi connectivity index (χ0) is 17.7. The van der Waals surface area contributed by atoms with E-state index in [9.17, 15) is 9.59 Å². The van der Waals surface area contributed by atoms with Gasteiger partial charge >= 0.3 is 5.97 Å². The summed E-state index contributed by atoms with van der Waals surface area (Å²) in [6, 6.07) is 7.45. The number of Topliss-reactive ketones (excluding diaryl/α,β-unsaturated/α-hetero) is 1. The highest BCUT2D eigenvalue weighted by molar-refractivity contribution is 5.94. The van der Waals surface area contributed by atoms with Crippen LogP contribution in [-0.4, -0.2) is 17.4 Å². The molecule has 24 heavy (non-hydrogen) atoms. The predicted molar refractivity (Wildman–Crippen MR) is 96.2 cm³/mol. The topological polar surface area (TPSA) is 43.4 Å². The second kappa shape index (κ2) is 7.96. The molecule has 1 fully saturated rings. The van der Waals surface area contributed by atoms with Gasteiger partial charge in [0.15, 0.2) is 5.78 Å². The zero-order valence-corrected chi connectivity index (χ0v) is 15.4. The first-order valence-electron chi connectivity index (χ1n) is 9.10. The van der Waals surface area contributed by atoms with Gasteiger partial charge in [0.25, 0.3) is 0 Å². The van der Waals surface area contributed by atoms with E-state index in [1.807, 2.05) is 45.0 Å². The summed E-state index contributed by atoms with van der Waals surface area (Å²) < 4.78 is 5.67. The molecule has 0 bridgehead atoms. The van der Waals surface area contributed by atoms with Gasteiger partial charge in [0, 0.05) is 5.56 Å². The number of esters is 1. The van der Waals surface area contributed by atoms with Crippen molar-refractivity contribution in [2.24, 2.45) is 5.92 Å². The summed E-state index contributed by atoms with van der Waals surface area (Å²) in [5, 5.41) is 0. The van der Waals surface area contributed by atoms with Crippen molar-refractivity contribution < 1.29 is 14.3 Å². The van der Waals surface area contributed by atoms with E-state index in [0.29, 0.717) is 11.5 Å². The Balaban J connectivity index is 2.20. The average Bonchev–Trinajstić information content (AvgIpc) is 2.52. The van der Waals surface area contributed by atoms with E-state index in [1.54, 1.807) is 6.92 Å². The summed E-state index contributed by atoms with van der Waals surface area (Å²) in [4.78, 5) is 24.2. The Labute approximate surface area is 145 Å². The molecular formula is C21H30O3. The van der Waals surface area contributed by atoms with Crippen LogP contribution < -0.4 is 0 Å². The van der Waals surface area contributed by atoms with Crippen molar-refractivity contribution in [3.63, 3.8) is 0 Å². The Bertz CT molecular complexity index is 560. The van der Waals surface area contributed by atoms with Gasteiger partial charge in [0.1, 0.15) is 5.60 Å². The summed E-state index contributed by atoms with van der Waals surface area (Å²) in [7, 11) is 0. The number of hydrogen-bond acceptors (Lipinski definition) is 3. The summed E-state index contributed by atoms with van der Waals surface area (Å²) >= 11 is 0. The minimum absolute atomic E-state index is 0.0441. The highest BCUT2D eigenvalue weighted by Gasteiger charge is 2.29. The van der Waals surface area contributed by atoms with Gasteiger partial charge in [0.2, 0.25) is 0 Å². The number of rotatable bonds is 5. The summed E-state index contributed by atoms with van der Waals surface area (Å²) in [6.07, 6.45) is 7.06. The second-order valence-corrected chi connectivity index (χ2v) is 8.00. The molecule has 0 radical (unpaired) electrons. The lowest BCUT2D eigenvalue weighted by molar-refractivity contribution is -0.157. The van der Waals surface area contributed by atoms with Gasteiger partial charge in [-0.25, -0.2) is 0 Å². The van der Waals surface area contributed by atoms with Crippen LogP contribution in [0.1, 0.15) is 88.1 Å². The third-order valence-electron chi connectivity index (χ3n) is 4.70. The Kier molecular flexibility index (Phi) is 6.20. The Morgan fingerprint density at radius 2 is 1.67 bits per heavy atom. The fourth-order valence-electron chi connectivity index (χ4n) is 3.45. The van der Waals surface area contributed by atoms with E-state index in [2.05, 4.69) is 0 Å². The van der Waals surface area contributed by atoms with Gasteiger partial charge in [0.05, 0.1) is 5.92 Å². The van der Waals surface area contributed by atoms with Gasteiger partial charge in [-0.2, -0.15) is 0 Å². The number of hydrogen-bond donors (Lipinski definition) is 0. The first kappa shape index (κ1) is 18.7. The molecule has 0 saturated heterocycles. The van der Waals surface area contributed by atoms with Gasteiger partial charge in [-0.1, -0.05) is 56.4 Å². The Morgan fingerprint density at radius 1 is 1.08 bits per heavy atom. The third kappa shape index (κ3) is 5.47. The molecule has 132 valence electrons. The van der Waals surface area contributed by atoms with E-state index in [-0.39, 0.29) is 17.7 Å². The molecule has 3 nitrogen and oxygen atoms in total. The monoisotopic (exact) mass is 330 g/mol. The molecule has 3 heteroatoms. The number of ketones is 1. The van der Waals surface area contributed by atoms with Crippen LogP contribution in [0.15, 0.2) is 24.3 Å². The van der Waals surface area contributed by atoms with Crippen molar-refractivity contribution in [3.8, 4) is 0 Å².